The highest BCUT2D eigenvalue weighted by Gasteiger charge is 2.74. The Morgan fingerprint density at radius 1 is 0.933 bits per heavy atom. The highest BCUT2D eigenvalue weighted by atomic mass is 16.6. The lowest BCUT2D eigenvalue weighted by Gasteiger charge is -2.64. The summed E-state index contributed by atoms with van der Waals surface area (Å²) >= 11 is 0. The molecule has 12 atom stereocenters. The van der Waals surface area contributed by atoms with Crippen LogP contribution in [-0.2, 0) is 38.1 Å². The Labute approximate surface area is 346 Å². The normalized spacial score (nSPS) is 32.0. The molecule has 6 rings (SSSR count). The molecule has 60 heavy (non-hydrogen) atoms. The molecule has 4 aliphatic rings. The fraction of sp³-hybridized carbons (Fsp3) is 0.535. The van der Waals surface area contributed by atoms with E-state index in [-0.39, 0.29) is 35.3 Å². The summed E-state index contributed by atoms with van der Waals surface area (Å²) < 4.78 is 23.9. The molecule has 17 heteroatoms. The average Bonchev–Trinajstić information content (AvgIpc) is 3.19. The third-order valence-electron chi connectivity index (χ3n) is 12.8. The van der Waals surface area contributed by atoms with Crippen LogP contribution in [0.4, 0.5) is 4.79 Å². The molecular weight excluding hydrogens is 784 g/mol. The number of hydrogen-bond acceptors (Lipinski definition) is 14. The number of urea groups is 1. The zero-order valence-electron chi connectivity index (χ0n) is 34.1. The topological polar surface area (TPSA) is 265 Å². The minimum Gasteiger partial charge on any atom is -0.480 e. The molecule has 1 heterocycles. The molecule has 0 spiro atoms. The smallest absolute Gasteiger partial charge is 0.338 e. The van der Waals surface area contributed by atoms with Crippen molar-refractivity contribution in [3.05, 3.63) is 82.9 Å². The molecule has 17 nitrogen and oxygen atoms in total. The number of aliphatic hydroxyl groups is 4. The van der Waals surface area contributed by atoms with Crippen LogP contribution in [0, 0.1) is 23.2 Å². The Balaban J connectivity index is 1.44. The minimum atomic E-state index is -2.38. The third-order valence-corrected chi connectivity index (χ3v) is 12.8. The first kappa shape index (κ1) is 44.4. The standard InChI is InChI=1S/C43H52N2O15/c1-20(2)31(37(51)52)44-40(55)45-32(23-13-9-7-10-14-23)35(50)39(54)58-26-18-43(56)36(59-38(53)24-15-11-8-12-16-24)30-28(33(48)34(49)29(21(26)3)41(43,5)6)25(47)17-27-42(30,19-57-27)60-22(4)46/h7-16,20,25-28,30-32,34-36,47,49-50,56H,17-19H2,1-6H3,(H,51,52)(H2,44,45,55)/t25-,26-,27?,28?,30?,31-,32-,34+,35+,36-,42-,43+/m0/s1. The number of carboxylic acid groups (broad SMARTS) is 1. The van der Waals surface area contributed by atoms with E-state index in [1.807, 2.05) is 0 Å². The number of Topliss-reactive ketones (excluding diaryl/α,β-unsaturated/α-hetero) is 1. The highest BCUT2D eigenvalue weighted by Crippen LogP contribution is 2.61. The fourth-order valence-electron chi connectivity index (χ4n) is 9.58. The van der Waals surface area contributed by atoms with Crippen LogP contribution in [0.3, 0.4) is 0 Å². The third kappa shape index (κ3) is 7.68. The summed E-state index contributed by atoms with van der Waals surface area (Å²) in [5.41, 5.74) is -5.45. The van der Waals surface area contributed by atoms with Crippen molar-refractivity contribution in [3.8, 4) is 0 Å². The number of fused-ring (bicyclic) bond motifs is 5. The van der Waals surface area contributed by atoms with E-state index in [1.165, 1.54) is 45.0 Å². The Kier molecular flexibility index (Phi) is 12.3. The summed E-state index contributed by atoms with van der Waals surface area (Å²) in [4.78, 5) is 80.5. The number of nitrogens with one attached hydrogen (secondary N) is 2. The predicted octanol–water partition coefficient (Wildman–Crippen LogP) is 1.75. The average molecular weight is 837 g/mol. The van der Waals surface area contributed by atoms with E-state index in [1.54, 1.807) is 50.2 Å². The Bertz CT molecular complexity index is 2040. The summed E-state index contributed by atoms with van der Waals surface area (Å²) in [6.07, 6.45) is -10.8. The first-order valence-corrected chi connectivity index (χ1v) is 19.8. The number of hydrogen-bond donors (Lipinski definition) is 7. The van der Waals surface area contributed by atoms with Gasteiger partial charge in [0.15, 0.2) is 17.5 Å². The van der Waals surface area contributed by atoms with Gasteiger partial charge in [0, 0.05) is 25.2 Å². The largest absolute Gasteiger partial charge is 0.480 e. The summed E-state index contributed by atoms with van der Waals surface area (Å²) in [5.74, 6) is -8.87. The second-order valence-corrected chi connectivity index (χ2v) is 17.0. The van der Waals surface area contributed by atoms with Crippen LogP contribution in [0.1, 0.15) is 76.3 Å². The van der Waals surface area contributed by atoms with E-state index in [0.717, 1.165) is 6.92 Å². The summed E-state index contributed by atoms with van der Waals surface area (Å²) in [6.45, 7) is 8.49. The van der Waals surface area contributed by atoms with Crippen molar-refractivity contribution in [1.82, 2.24) is 10.6 Å². The van der Waals surface area contributed by atoms with Gasteiger partial charge in [-0.1, -0.05) is 76.2 Å². The lowest BCUT2D eigenvalue weighted by atomic mass is 9.49. The maximum Gasteiger partial charge on any atom is 0.338 e. The lowest BCUT2D eigenvalue weighted by molar-refractivity contribution is -0.332. The monoisotopic (exact) mass is 836 g/mol. The number of aliphatic hydroxyl groups excluding tert-OH is 3. The molecule has 324 valence electrons. The Morgan fingerprint density at radius 2 is 1.55 bits per heavy atom. The van der Waals surface area contributed by atoms with E-state index in [4.69, 9.17) is 18.9 Å². The van der Waals surface area contributed by atoms with Crippen LogP contribution < -0.4 is 10.6 Å². The van der Waals surface area contributed by atoms with Crippen molar-refractivity contribution in [1.29, 1.82) is 0 Å². The van der Waals surface area contributed by atoms with Crippen molar-refractivity contribution < 1.29 is 73.2 Å². The predicted molar refractivity (Wildman–Crippen MR) is 208 cm³/mol. The maximum atomic E-state index is 14.7. The van der Waals surface area contributed by atoms with Gasteiger partial charge < -0.3 is 55.1 Å². The number of esters is 3. The molecular formula is C43H52N2O15. The highest BCUT2D eigenvalue weighted by molar-refractivity contribution is 5.92. The van der Waals surface area contributed by atoms with Crippen LogP contribution in [0.25, 0.3) is 0 Å². The second kappa shape index (κ2) is 16.7. The number of amides is 2. The molecule has 3 unspecified atom stereocenters. The quantitative estimate of drug-likeness (QED) is 0.0966. The van der Waals surface area contributed by atoms with Gasteiger partial charge in [-0.25, -0.2) is 19.2 Å². The zero-order valence-corrected chi connectivity index (χ0v) is 34.1. The molecule has 2 aromatic rings. The molecule has 3 aliphatic carbocycles. The van der Waals surface area contributed by atoms with Gasteiger partial charge in [0.2, 0.25) is 0 Å². The van der Waals surface area contributed by atoms with Gasteiger partial charge in [-0.3, -0.25) is 9.59 Å². The van der Waals surface area contributed by atoms with Crippen molar-refractivity contribution in [3.63, 3.8) is 0 Å². The maximum absolute atomic E-state index is 14.7. The molecule has 7 N–H and O–H groups in total. The van der Waals surface area contributed by atoms with E-state index in [9.17, 15) is 54.3 Å². The van der Waals surface area contributed by atoms with Crippen molar-refractivity contribution in [2.24, 2.45) is 23.2 Å². The van der Waals surface area contributed by atoms with Crippen LogP contribution >= 0.6 is 0 Å². The molecule has 2 aromatic carbocycles. The Hall–Kier alpha value is -5.20. The van der Waals surface area contributed by atoms with Gasteiger partial charge in [-0.15, -0.1) is 0 Å². The van der Waals surface area contributed by atoms with Crippen LogP contribution in [0.2, 0.25) is 0 Å². The van der Waals surface area contributed by atoms with Crippen molar-refractivity contribution >= 4 is 35.7 Å². The van der Waals surface area contributed by atoms with Crippen LogP contribution in [0.15, 0.2) is 71.8 Å². The van der Waals surface area contributed by atoms with E-state index in [2.05, 4.69) is 10.6 Å². The Morgan fingerprint density at radius 3 is 2.10 bits per heavy atom. The van der Waals surface area contributed by atoms with Gasteiger partial charge in [0.25, 0.3) is 0 Å². The number of ketones is 1. The van der Waals surface area contributed by atoms with Crippen LogP contribution in [0.5, 0.6) is 0 Å². The first-order valence-electron chi connectivity index (χ1n) is 19.8. The number of aliphatic carboxylic acids is 1. The SMILES string of the molecule is CC(=O)O[C@@]12COC1C[C@H](O)C1C(=O)[C@H](O)C3=C(C)[C@@H](OC(=O)[C@H](O)[C@@H](NC(=O)N[C@H](C(=O)O)C(C)C)c4ccccc4)C[C@@](O)([C@@H](OC(=O)c4ccccc4)C12)C3(C)C. The summed E-state index contributed by atoms with van der Waals surface area (Å²) in [6, 6.07) is 11.8. The van der Waals surface area contributed by atoms with Gasteiger partial charge in [0.05, 0.1) is 36.2 Å². The molecule has 0 aromatic heterocycles. The molecule has 3 fully saturated rings. The van der Waals surface area contributed by atoms with Gasteiger partial charge in [-0.2, -0.15) is 0 Å². The molecule has 2 bridgehead atoms. The van der Waals surface area contributed by atoms with Gasteiger partial charge in [0.1, 0.15) is 36.1 Å². The first-order chi connectivity index (χ1) is 28.2. The molecule has 1 aliphatic heterocycles. The molecule has 2 saturated carbocycles. The number of carbonyl (C=O) groups is 6. The van der Waals surface area contributed by atoms with E-state index >= 15 is 0 Å². The van der Waals surface area contributed by atoms with Crippen LogP contribution in [-0.4, -0.2) is 122 Å². The summed E-state index contributed by atoms with van der Waals surface area (Å²) in [5, 5.41) is 63.0. The minimum absolute atomic E-state index is 0.0589. The van der Waals surface area contributed by atoms with E-state index < -0.39 is 125 Å². The molecule has 0 radical (unpaired) electrons. The van der Waals surface area contributed by atoms with Crippen molar-refractivity contribution in [2.45, 2.75) is 114 Å². The number of carbonyl (C=O) groups excluding carboxylic acids is 5. The molecule has 1 saturated heterocycles. The van der Waals surface area contributed by atoms with Gasteiger partial charge in [-0.05, 0) is 41.7 Å². The zero-order chi connectivity index (χ0) is 44.1. The second-order valence-electron chi connectivity index (χ2n) is 17.0. The van der Waals surface area contributed by atoms with Crippen molar-refractivity contribution in [2.75, 3.05) is 6.61 Å². The number of ether oxygens (including phenoxy) is 4. The van der Waals surface area contributed by atoms with E-state index in [0.29, 0.717) is 0 Å². The fourth-order valence-corrected chi connectivity index (χ4v) is 9.58. The number of benzene rings is 2. The lowest BCUT2D eigenvalue weighted by Crippen LogP contribution is -2.79. The number of rotatable bonds is 11. The van der Waals surface area contributed by atoms with Gasteiger partial charge >= 0.3 is 29.9 Å². The summed E-state index contributed by atoms with van der Waals surface area (Å²) in [7, 11) is 0. The number of carboxylic acids is 1. The molecule has 2 amide bonds.